The van der Waals surface area contributed by atoms with Gasteiger partial charge in [-0.05, 0) is 47.5 Å². The van der Waals surface area contributed by atoms with Crippen molar-refractivity contribution in [3.63, 3.8) is 0 Å². The molecule has 3 aromatic rings. The summed E-state index contributed by atoms with van der Waals surface area (Å²) >= 11 is 6.12. The van der Waals surface area contributed by atoms with Crippen LogP contribution in [0.15, 0.2) is 72.8 Å². The van der Waals surface area contributed by atoms with E-state index in [-0.39, 0.29) is 12.1 Å². The first-order valence-electron chi connectivity index (χ1n) is 12.4. The van der Waals surface area contributed by atoms with Gasteiger partial charge in [-0.1, -0.05) is 48.0 Å². The maximum Gasteiger partial charge on any atom is 0.339 e. The molecular weight excluding hydrogens is 506 g/mol. The minimum Gasteiger partial charge on any atom is -0.497 e. The number of para-hydroxylation sites is 1. The third-order valence-electron chi connectivity index (χ3n) is 6.48. The number of nitrogens with zero attached hydrogens (tertiary/aromatic N) is 2. The Morgan fingerprint density at radius 3 is 2.39 bits per heavy atom. The number of hydrogen-bond donors (Lipinski definition) is 1. The summed E-state index contributed by atoms with van der Waals surface area (Å²) in [6.07, 6.45) is -0.175. The molecule has 8 nitrogen and oxygen atoms in total. The molecular formula is C29H32ClN3O5. The number of halogens is 1. The van der Waals surface area contributed by atoms with E-state index in [4.69, 9.17) is 25.8 Å². The van der Waals surface area contributed by atoms with Crippen molar-refractivity contribution >= 4 is 29.3 Å². The lowest BCUT2D eigenvalue weighted by Crippen LogP contribution is -2.51. The van der Waals surface area contributed by atoms with Crippen LogP contribution in [0.25, 0.3) is 0 Å². The summed E-state index contributed by atoms with van der Waals surface area (Å²) in [6.45, 7) is 3.60. The van der Waals surface area contributed by atoms with Gasteiger partial charge >= 0.3 is 12.0 Å². The Morgan fingerprint density at radius 1 is 0.947 bits per heavy atom. The fraction of sp³-hybridized carbons (Fsp3) is 0.310. The first-order chi connectivity index (χ1) is 18.5. The first-order valence-corrected chi connectivity index (χ1v) is 12.8. The van der Waals surface area contributed by atoms with Gasteiger partial charge in [-0.2, -0.15) is 0 Å². The van der Waals surface area contributed by atoms with Crippen LogP contribution in [0.3, 0.4) is 0 Å². The second kappa shape index (κ2) is 13.3. The highest BCUT2D eigenvalue weighted by molar-refractivity contribution is 6.30. The molecule has 3 aromatic carbocycles. The highest BCUT2D eigenvalue weighted by Gasteiger charge is 2.25. The van der Waals surface area contributed by atoms with Crippen LogP contribution in [-0.2, 0) is 16.1 Å². The standard InChI is InChI=1S/C29H32ClN3O5/c1-36-24-7-5-6-21(18-24)20-38-27(22-10-12-23(30)13-11-22)19-32-14-16-33(17-15-32)29(35)31-26-9-4-3-8-25(26)28(34)37-2/h3-13,18,27H,14-17,19-20H2,1-2H3,(H,31,35)/t27-/m1/s1. The minimum absolute atomic E-state index is 0.175. The van der Waals surface area contributed by atoms with E-state index in [9.17, 15) is 9.59 Å². The number of urea groups is 1. The van der Waals surface area contributed by atoms with Gasteiger partial charge in [-0.3, -0.25) is 4.90 Å². The topological polar surface area (TPSA) is 80.3 Å². The molecule has 1 atom stereocenters. The lowest BCUT2D eigenvalue weighted by atomic mass is 10.1. The molecule has 0 bridgehead atoms. The van der Waals surface area contributed by atoms with Gasteiger partial charge < -0.3 is 24.4 Å². The molecule has 0 aromatic heterocycles. The molecule has 0 aliphatic carbocycles. The van der Waals surface area contributed by atoms with Crippen LogP contribution < -0.4 is 10.1 Å². The third kappa shape index (κ3) is 7.25. The number of anilines is 1. The summed E-state index contributed by atoms with van der Waals surface area (Å²) in [4.78, 5) is 29.0. The normalized spacial score (nSPS) is 14.6. The Morgan fingerprint density at radius 2 is 1.68 bits per heavy atom. The molecule has 0 spiro atoms. The maximum atomic E-state index is 12.9. The van der Waals surface area contributed by atoms with E-state index in [1.807, 2.05) is 48.5 Å². The summed E-state index contributed by atoms with van der Waals surface area (Å²) in [5.74, 6) is 0.297. The molecule has 1 aliphatic rings. The maximum absolute atomic E-state index is 12.9. The monoisotopic (exact) mass is 537 g/mol. The fourth-order valence-corrected chi connectivity index (χ4v) is 4.46. The van der Waals surface area contributed by atoms with Gasteiger partial charge in [0, 0.05) is 37.7 Å². The number of hydrogen-bond acceptors (Lipinski definition) is 6. The van der Waals surface area contributed by atoms with E-state index in [1.54, 1.807) is 36.3 Å². The van der Waals surface area contributed by atoms with Crippen LogP contribution in [0.2, 0.25) is 5.02 Å². The largest absolute Gasteiger partial charge is 0.497 e. The molecule has 9 heteroatoms. The zero-order chi connectivity index (χ0) is 26.9. The molecule has 1 aliphatic heterocycles. The van der Waals surface area contributed by atoms with Crippen LogP contribution in [0.1, 0.15) is 27.6 Å². The number of piperazine rings is 1. The number of amides is 2. The predicted molar refractivity (Wildman–Crippen MR) is 147 cm³/mol. The molecule has 0 unspecified atom stereocenters. The SMILES string of the molecule is COC(=O)c1ccccc1NC(=O)N1CCN(C[C@@H](OCc2cccc(OC)c2)c2ccc(Cl)cc2)CC1. The number of ether oxygens (including phenoxy) is 3. The second-order valence-corrected chi connectivity index (χ2v) is 9.39. The molecule has 1 saturated heterocycles. The predicted octanol–water partition coefficient (Wildman–Crippen LogP) is 5.24. The molecule has 4 rings (SSSR count). The van der Waals surface area contributed by atoms with Crippen LogP contribution >= 0.6 is 11.6 Å². The van der Waals surface area contributed by atoms with Crippen molar-refractivity contribution in [2.45, 2.75) is 12.7 Å². The van der Waals surface area contributed by atoms with Crippen molar-refractivity contribution in [3.8, 4) is 5.75 Å². The lowest BCUT2D eigenvalue weighted by Gasteiger charge is -2.36. The Hall–Kier alpha value is -3.59. The number of benzene rings is 3. The molecule has 0 saturated carbocycles. The number of nitrogens with one attached hydrogen (secondary N) is 1. The van der Waals surface area contributed by atoms with Gasteiger partial charge in [0.2, 0.25) is 0 Å². The van der Waals surface area contributed by atoms with Gasteiger partial charge in [-0.15, -0.1) is 0 Å². The molecule has 1 heterocycles. The molecule has 2 amide bonds. The molecule has 38 heavy (non-hydrogen) atoms. The number of rotatable bonds is 9. The number of methoxy groups -OCH3 is 2. The van der Waals surface area contributed by atoms with Gasteiger partial charge in [0.1, 0.15) is 5.75 Å². The molecule has 200 valence electrons. The van der Waals surface area contributed by atoms with E-state index >= 15 is 0 Å². The molecule has 1 N–H and O–H groups in total. The lowest BCUT2D eigenvalue weighted by molar-refractivity contribution is 0.00588. The van der Waals surface area contributed by atoms with E-state index in [1.165, 1.54) is 7.11 Å². The van der Waals surface area contributed by atoms with Crippen LogP contribution in [-0.4, -0.2) is 68.7 Å². The summed E-state index contributed by atoms with van der Waals surface area (Å²) in [6, 6.07) is 22.1. The summed E-state index contributed by atoms with van der Waals surface area (Å²) < 4.78 is 16.5. The summed E-state index contributed by atoms with van der Waals surface area (Å²) in [5.41, 5.74) is 2.82. The summed E-state index contributed by atoms with van der Waals surface area (Å²) in [5, 5.41) is 3.52. The Bertz CT molecular complexity index is 1230. The van der Waals surface area contributed by atoms with Crippen LogP contribution in [0, 0.1) is 0 Å². The van der Waals surface area contributed by atoms with Crippen molar-refractivity contribution in [2.75, 3.05) is 52.3 Å². The average molecular weight is 538 g/mol. The Balaban J connectivity index is 1.36. The second-order valence-electron chi connectivity index (χ2n) is 8.96. The third-order valence-corrected chi connectivity index (χ3v) is 6.74. The van der Waals surface area contributed by atoms with Crippen molar-refractivity contribution in [2.24, 2.45) is 0 Å². The minimum atomic E-state index is -0.493. The van der Waals surface area contributed by atoms with Crippen LogP contribution in [0.5, 0.6) is 5.75 Å². The van der Waals surface area contributed by atoms with Crippen molar-refractivity contribution < 1.29 is 23.8 Å². The van der Waals surface area contributed by atoms with Gasteiger partial charge in [0.05, 0.1) is 38.2 Å². The number of carbonyl (C=O) groups excluding carboxylic acids is 2. The van der Waals surface area contributed by atoms with Crippen molar-refractivity contribution in [3.05, 3.63) is 94.5 Å². The highest BCUT2D eigenvalue weighted by atomic mass is 35.5. The van der Waals surface area contributed by atoms with E-state index in [0.717, 1.165) is 16.9 Å². The zero-order valence-electron chi connectivity index (χ0n) is 21.6. The van der Waals surface area contributed by atoms with Crippen molar-refractivity contribution in [1.82, 2.24) is 9.80 Å². The van der Waals surface area contributed by atoms with Crippen molar-refractivity contribution in [1.29, 1.82) is 0 Å². The zero-order valence-corrected chi connectivity index (χ0v) is 22.3. The summed E-state index contributed by atoms with van der Waals surface area (Å²) in [7, 11) is 2.96. The van der Waals surface area contributed by atoms with Gasteiger partial charge in [0.15, 0.2) is 0 Å². The van der Waals surface area contributed by atoms with E-state index in [0.29, 0.717) is 55.6 Å². The quantitative estimate of drug-likeness (QED) is 0.376. The van der Waals surface area contributed by atoms with E-state index < -0.39 is 5.97 Å². The average Bonchev–Trinajstić information content (AvgIpc) is 2.96. The van der Waals surface area contributed by atoms with E-state index in [2.05, 4.69) is 10.2 Å². The number of carbonyl (C=O) groups is 2. The smallest absolute Gasteiger partial charge is 0.339 e. The van der Waals surface area contributed by atoms with Crippen LogP contribution in [0.4, 0.5) is 10.5 Å². The highest BCUT2D eigenvalue weighted by Crippen LogP contribution is 2.24. The molecule has 1 fully saturated rings. The Labute approximate surface area is 228 Å². The number of esters is 1. The van der Waals surface area contributed by atoms with Gasteiger partial charge in [0.25, 0.3) is 0 Å². The molecule has 0 radical (unpaired) electrons. The van der Waals surface area contributed by atoms with Gasteiger partial charge in [-0.25, -0.2) is 9.59 Å². The fourth-order valence-electron chi connectivity index (χ4n) is 4.33. The Kier molecular flexibility index (Phi) is 9.59. The first kappa shape index (κ1) is 27.4.